The molecule has 0 saturated carbocycles. The quantitative estimate of drug-likeness (QED) is 0.871. The van der Waals surface area contributed by atoms with Crippen molar-refractivity contribution in [3.8, 4) is 6.07 Å². The van der Waals surface area contributed by atoms with Crippen LogP contribution in [0.3, 0.4) is 0 Å². The van der Waals surface area contributed by atoms with Crippen molar-refractivity contribution in [1.82, 2.24) is 5.16 Å². The second kappa shape index (κ2) is 5.69. The summed E-state index contributed by atoms with van der Waals surface area (Å²) in [5.41, 5.74) is 1.08. The third kappa shape index (κ3) is 3.57. The van der Waals surface area contributed by atoms with E-state index in [-0.39, 0.29) is 12.5 Å². The monoisotopic (exact) mass is 256 g/mol. The van der Waals surface area contributed by atoms with Gasteiger partial charge in [0.1, 0.15) is 5.76 Å². The number of amides is 1. The van der Waals surface area contributed by atoms with Crippen molar-refractivity contribution < 1.29 is 9.32 Å². The first-order chi connectivity index (χ1) is 9.17. The number of nitrogens with zero attached hydrogens (tertiary/aromatic N) is 2. The molecule has 1 amide bonds. The number of hydrogen-bond donors (Lipinski definition) is 2. The first kappa shape index (κ1) is 12.6. The zero-order valence-electron chi connectivity index (χ0n) is 10.3. The number of hydrogen-bond acceptors (Lipinski definition) is 5. The van der Waals surface area contributed by atoms with Crippen LogP contribution in [0.1, 0.15) is 11.3 Å². The Labute approximate surface area is 110 Å². The summed E-state index contributed by atoms with van der Waals surface area (Å²) in [6, 6.07) is 10.4. The van der Waals surface area contributed by atoms with Gasteiger partial charge in [-0.1, -0.05) is 11.2 Å². The third-order valence-electron chi connectivity index (χ3n) is 2.33. The van der Waals surface area contributed by atoms with Crippen LogP contribution in [0.2, 0.25) is 0 Å². The molecule has 0 bridgehead atoms. The largest absolute Gasteiger partial charge is 0.360 e. The van der Waals surface area contributed by atoms with E-state index in [1.807, 2.05) is 6.07 Å². The predicted molar refractivity (Wildman–Crippen MR) is 69.5 cm³/mol. The topological polar surface area (TPSA) is 91.0 Å². The molecule has 0 aliphatic carbocycles. The fraction of sp³-hybridized carbons (Fsp3) is 0.154. The molecule has 2 N–H and O–H groups in total. The van der Waals surface area contributed by atoms with Crippen molar-refractivity contribution in [1.29, 1.82) is 5.26 Å². The van der Waals surface area contributed by atoms with Crippen LogP contribution >= 0.6 is 0 Å². The fourth-order valence-corrected chi connectivity index (χ4v) is 1.49. The van der Waals surface area contributed by atoms with Crippen LogP contribution in [0.5, 0.6) is 0 Å². The molecule has 2 aromatic rings. The van der Waals surface area contributed by atoms with Gasteiger partial charge in [0.2, 0.25) is 5.91 Å². The van der Waals surface area contributed by atoms with Crippen molar-refractivity contribution in [3.63, 3.8) is 0 Å². The van der Waals surface area contributed by atoms with Gasteiger partial charge < -0.3 is 15.2 Å². The van der Waals surface area contributed by atoms with E-state index in [0.717, 1.165) is 0 Å². The highest BCUT2D eigenvalue weighted by Crippen LogP contribution is 2.10. The number of aromatic nitrogens is 1. The fourth-order valence-electron chi connectivity index (χ4n) is 1.49. The van der Waals surface area contributed by atoms with Crippen LogP contribution in [0, 0.1) is 18.3 Å². The van der Waals surface area contributed by atoms with Crippen molar-refractivity contribution in [2.24, 2.45) is 0 Å². The van der Waals surface area contributed by atoms with E-state index in [4.69, 9.17) is 9.78 Å². The molecule has 0 fully saturated rings. The highest BCUT2D eigenvalue weighted by molar-refractivity contribution is 5.93. The molecular weight excluding hydrogens is 244 g/mol. The minimum Gasteiger partial charge on any atom is -0.360 e. The molecule has 0 aliphatic rings. The lowest BCUT2D eigenvalue weighted by Crippen LogP contribution is -2.21. The normalized spacial score (nSPS) is 9.68. The Hall–Kier alpha value is -2.81. The van der Waals surface area contributed by atoms with Crippen molar-refractivity contribution >= 4 is 17.4 Å². The van der Waals surface area contributed by atoms with E-state index in [0.29, 0.717) is 22.8 Å². The number of anilines is 2. The lowest BCUT2D eigenvalue weighted by atomic mass is 10.2. The number of benzene rings is 1. The highest BCUT2D eigenvalue weighted by Gasteiger charge is 2.05. The van der Waals surface area contributed by atoms with Crippen LogP contribution < -0.4 is 10.6 Å². The maximum atomic E-state index is 11.7. The number of nitrogens with one attached hydrogen (secondary N) is 2. The lowest BCUT2D eigenvalue weighted by Gasteiger charge is -2.05. The Morgan fingerprint density at radius 2 is 2.32 bits per heavy atom. The standard InChI is InChI=1S/C13H12N4O2/c1-9-5-12(17-19-9)15-8-13(18)16-11-4-2-3-10(6-11)7-14/h2-6H,8H2,1H3,(H,15,17)(H,16,18). The molecule has 0 spiro atoms. The van der Waals surface area contributed by atoms with Gasteiger partial charge in [0, 0.05) is 11.8 Å². The van der Waals surface area contributed by atoms with Gasteiger partial charge >= 0.3 is 0 Å². The van der Waals surface area contributed by atoms with E-state index in [1.165, 1.54) is 0 Å². The third-order valence-corrected chi connectivity index (χ3v) is 2.33. The Kier molecular flexibility index (Phi) is 3.78. The average Bonchev–Trinajstić information content (AvgIpc) is 2.82. The van der Waals surface area contributed by atoms with Crippen molar-refractivity contribution in [2.45, 2.75) is 6.92 Å². The number of aryl methyl sites for hydroxylation is 1. The maximum absolute atomic E-state index is 11.7. The molecule has 1 aromatic heterocycles. The smallest absolute Gasteiger partial charge is 0.243 e. The molecule has 2 rings (SSSR count). The minimum atomic E-state index is -0.226. The van der Waals surface area contributed by atoms with Gasteiger partial charge in [-0.2, -0.15) is 5.26 Å². The number of carbonyl (C=O) groups excluding carboxylic acids is 1. The molecular formula is C13H12N4O2. The molecule has 6 nitrogen and oxygen atoms in total. The molecule has 96 valence electrons. The number of nitriles is 1. The lowest BCUT2D eigenvalue weighted by molar-refractivity contribution is -0.114. The van der Waals surface area contributed by atoms with Crippen LogP contribution in [0.15, 0.2) is 34.9 Å². The Morgan fingerprint density at radius 3 is 3.00 bits per heavy atom. The molecule has 1 aromatic carbocycles. The summed E-state index contributed by atoms with van der Waals surface area (Å²) in [6.45, 7) is 1.84. The Morgan fingerprint density at radius 1 is 1.47 bits per heavy atom. The van der Waals surface area contributed by atoms with Crippen LogP contribution in [0.25, 0.3) is 0 Å². The van der Waals surface area contributed by atoms with Gasteiger partial charge in [-0.05, 0) is 25.1 Å². The second-order valence-electron chi connectivity index (χ2n) is 3.92. The van der Waals surface area contributed by atoms with E-state index >= 15 is 0 Å². The van der Waals surface area contributed by atoms with E-state index in [2.05, 4.69) is 15.8 Å². The van der Waals surface area contributed by atoms with Crippen LogP contribution in [0.4, 0.5) is 11.5 Å². The molecule has 0 radical (unpaired) electrons. The van der Waals surface area contributed by atoms with Gasteiger partial charge in [0.25, 0.3) is 0 Å². The van der Waals surface area contributed by atoms with E-state index < -0.39 is 0 Å². The predicted octanol–water partition coefficient (Wildman–Crippen LogP) is 1.91. The summed E-state index contributed by atoms with van der Waals surface area (Å²) < 4.78 is 4.87. The summed E-state index contributed by atoms with van der Waals surface area (Å²) in [4.78, 5) is 11.7. The second-order valence-corrected chi connectivity index (χ2v) is 3.92. The summed E-state index contributed by atoms with van der Waals surface area (Å²) in [5.74, 6) is 0.957. The molecule has 0 aliphatic heterocycles. The van der Waals surface area contributed by atoms with Gasteiger partial charge in [-0.3, -0.25) is 4.79 Å². The summed E-state index contributed by atoms with van der Waals surface area (Å²) >= 11 is 0. The SMILES string of the molecule is Cc1cc(NCC(=O)Nc2cccc(C#N)c2)no1. The van der Waals surface area contributed by atoms with Gasteiger partial charge in [-0.25, -0.2) is 0 Å². The molecule has 1 heterocycles. The van der Waals surface area contributed by atoms with Gasteiger partial charge in [-0.15, -0.1) is 0 Å². The summed E-state index contributed by atoms with van der Waals surface area (Å²) in [5, 5.41) is 18.0. The van der Waals surface area contributed by atoms with E-state index in [1.54, 1.807) is 37.3 Å². The molecule has 6 heteroatoms. The maximum Gasteiger partial charge on any atom is 0.243 e. The van der Waals surface area contributed by atoms with Crippen molar-refractivity contribution in [2.75, 3.05) is 17.2 Å². The average molecular weight is 256 g/mol. The molecule has 0 atom stereocenters. The first-order valence-electron chi connectivity index (χ1n) is 5.64. The summed E-state index contributed by atoms with van der Waals surface area (Å²) in [6.07, 6.45) is 0. The minimum absolute atomic E-state index is 0.0722. The van der Waals surface area contributed by atoms with Gasteiger partial charge in [0.15, 0.2) is 5.82 Å². The molecule has 19 heavy (non-hydrogen) atoms. The molecule has 0 saturated heterocycles. The number of carbonyl (C=O) groups is 1. The zero-order chi connectivity index (χ0) is 13.7. The molecule has 0 unspecified atom stereocenters. The van der Waals surface area contributed by atoms with E-state index in [9.17, 15) is 4.79 Å². The first-order valence-corrected chi connectivity index (χ1v) is 5.64. The van der Waals surface area contributed by atoms with Crippen molar-refractivity contribution in [3.05, 3.63) is 41.7 Å². The van der Waals surface area contributed by atoms with Crippen LogP contribution in [-0.2, 0) is 4.79 Å². The Balaban J connectivity index is 1.89. The summed E-state index contributed by atoms with van der Waals surface area (Å²) in [7, 11) is 0. The highest BCUT2D eigenvalue weighted by atomic mass is 16.5. The zero-order valence-corrected chi connectivity index (χ0v) is 10.3. The van der Waals surface area contributed by atoms with Crippen LogP contribution in [-0.4, -0.2) is 17.6 Å². The Bertz CT molecular complexity index is 628. The van der Waals surface area contributed by atoms with Gasteiger partial charge in [0.05, 0.1) is 18.2 Å². The number of rotatable bonds is 4.